The number of esters is 1. The minimum atomic E-state index is -0.680. The minimum Gasteiger partial charge on any atom is -0.423 e. The van der Waals surface area contributed by atoms with Crippen LogP contribution < -0.4 is 9.64 Å². The van der Waals surface area contributed by atoms with Crippen molar-refractivity contribution in [2.45, 2.75) is 26.3 Å². The van der Waals surface area contributed by atoms with Gasteiger partial charge in [-0.25, -0.2) is 4.79 Å². The van der Waals surface area contributed by atoms with Gasteiger partial charge in [-0.2, -0.15) is 0 Å². The van der Waals surface area contributed by atoms with E-state index in [4.69, 9.17) is 4.74 Å². The molecule has 1 aliphatic rings. The smallest absolute Gasteiger partial charge is 0.336 e. The number of ether oxygens (including phenoxy) is 1. The van der Waals surface area contributed by atoms with E-state index in [0.29, 0.717) is 22.4 Å². The quantitative estimate of drug-likeness (QED) is 0.112. The molecule has 202 valence electrons. The van der Waals surface area contributed by atoms with Crippen molar-refractivity contribution in [3.8, 4) is 5.75 Å². The van der Waals surface area contributed by atoms with Crippen LogP contribution in [-0.2, 0) is 9.59 Å². The lowest BCUT2D eigenvalue weighted by Crippen LogP contribution is -2.48. The second kappa shape index (κ2) is 11.2. The number of carbonyl (C=O) groups is 2. The predicted octanol–water partition coefficient (Wildman–Crippen LogP) is 6.36. The van der Waals surface area contributed by atoms with Crippen LogP contribution in [0.4, 0.5) is 17.1 Å². The second-order valence-corrected chi connectivity index (χ2v) is 9.63. The zero-order valence-electron chi connectivity index (χ0n) is 21.9. The van der Waals surface area contributed by atoms with Crippen LogP contribution >= 0.6 is 0 Å². The summed E-state index contributed by atoms with van der Waals surface area (Å²) in [5, 5.41) is 22.0. The van der Waals surface area contributed by atoms with E-state index >= 15 is 0 Å². The Morgan fingerprint density at radius 2 is 1.43 bits per heavy atom. The molecule has 1 amide bonds. The third-order valence-corrected chi connectivity index (χ3v) is 6.21. The number of amides is 1. The van der Waals surface area contributed by atoms with Gasteiger partial charge in [-0.3, -0.25) is 29.9 Å². The van der Waals surface area contributed by atoms with Crippen molar-refractivity contribution >= 4 is 46.7 Å². The topological polar surface area (TPSA) is 133 Å². The summed E-state index contributed by atoms with van der Waals surface area (Å²) in [6.45, 7) is 5.69. The van der Waals surface area contributed by atoms with E-state index in [-0.39, 0.29) is 23.0 Å². The number of non-ortho nitro benzene ring substituents is 2. The summed E-state index contributed by atoms with van der Waals surface area (Å²) in [5.41, 5.74) is 2.36. The molecule has 0 aliphatic carbocycles. The lowest BCUT2D eigenvalue weighted by Gasteiger charge is -2.41. The van der Waals surface area contributed by atoms with E-state index < -0.39 is 21.4 Å². The summed E-state index contributed by atoms with van der Waals surface area (Å²) >= 11 is 0. The van der Waals surface area contributed by atoms with Crippen LogP contribution in [-0.4, -0.2) is 27.3 Å². The Bertz CT molecular complexity index is 1620. The third-order valence-electron chi connectivity index (χ3n) is 6.21. The first kappa shape index (κ1) is 27.6. The molecule has 10 heteroatoms. The summed E-state index contributed by atoms with van der Waals surface area (Å²) in [7, 11) is 0. The highest BCUT2D eigenvalue weighted by Gasteiger charge is 2.35. The van der Waals surface area contributed by atoms with Crippen molar-refractivity contribution in [3.05, 3.63) is 122 Å². The Labute approximate surface area is 229 Å². The maximum atomic E-state index is 13.4. The van der Waals surface area contributed by atoms with E-state index in [1.165, 1.54) is 54.6 Å². The number of anilines is 1. The molecule has 0 radical (unpaired) electrons. The van der Waals surface area contributed by atoms with Crippen molar-refractivity contribution in [3.63, 3.8) is 0 Å². The van der Waals surface area contributed by atoms with Crippen molar-refractivity contribution in [1.29, 1.82) is 0 Å². The van der Waals surface area contributed by atoms with Crippen LogP contribution in [0.15, 0.2) is 85.0 Å². The van der Waals surface area contributed by atoms with Gasteiger partial charge in [-0.1, -0.05) is 30.3 Å². The molecule has 0 atom stereocenters. The maximum Gasteiger partial charge on any atom is 0.336 e. The molecule has 3 aromatic carbocycles. The SMILES string of the molecule is CC1=CC(C)(C)N(C(=O)/C=C/c2cccc([N+](=O)[O-])c2)c2ccc(OC(=O)/C=C/c3cccc([N+](=O)[O-])c3)cc21. The fourth-order valence-corrected chi connectivity index (χ4v) is 4.52. The Morgan fingerprint density at radius 1 is 0.850 bits per heavy atom. The lowest BCUT2D eigenvalue weighted by molar-refractivity contribution is -0.385. The number of fused-ring (bicyclic) bond motifs is 1. The fraction of sp³-hybridized carbons (Fsp3) is 0.133. The molecular weight excluding hydrogens is 514 g/mol. The second-order valence-electron chi connectivity index (χ2n) is 9.63. The summed E-state index contributed by atoms with van der Waals surface area (Å²) in [5.74, 6) is -0.734. The molecule has 0 bridgehead atoms. The average molecular weight is 540 g/mol. The molecule has 0 unspecified atom stereocenters. The monoisotopic (exact) mass is 539 g/mol. The van der Waals surface area contributed by atoms with E-state index in [9.17, 15) is 29.8 Å². The van der Waals surface area contributed by atoms with E-state index in [1.54, 1.807) is 41.3 Å². The number of hydrogen-bond acceptors (Lipinski definition) is 7. The van der Waals surface area contributed by atoms with Crippen molar-refractivity contribution < 1.29 is 24.2 Å². The normalized spacial score (nSPS) is 14.1. The number of carbonyl (C=O) groups excluding carboxylic acids is 2. The number of nitro benzene ring substituents is 2. The van der Waals surface area contributed by atoms with Crippen LogP contribution in [0.25, 0.3) is 17.7 Å². The summed E-state index contributed by atoms with van der Waals surface area (Å²) in [6.07, 6.45) is 7.43. The number of nitro groups is 2. The van der Waals surface area contributed by atoms with Crippen molar-refractivity contribution in [2.24, 2.45) is 0 Å². The minimum absolute atomic E-state index is 0.0705. The van der Waals surface area contributed by atoms with Gasteiger partial charge in [0.15, 0.2) is 0 Å². The van der Waals surface area contributed by atoms with Gasteiger partial charge in [0.25, 0.3) is 17.3 Å². The fourth-order valence-electron chi connectivity index (χ4n) is 4.52. The molecule has 4 rings (SSSR count). The molecule has 40 heavy (non-hydrogen) atoms. The Morgan fingerprint density at radius 3 is 2.00 bits per heavy atom. The zero-order chi connectivity index (χ0) is 29.0. The molecule has 0 saturated carbocycles. The number of hydrogen-bond donors (Lipinski definition) is 0. The van der Waals surface area contributed by atoms with E-state index in [0.717, 1.165) is 5.57 Å². The van der Waals surface area contributed by atoms with Crippen LogP contribution in [0, 0.1) is 20.2 Å². The number of nitrogens with zero attached hydrogens (tertiary/aromatic N) is 3. The molecule has 0 saturated heterocycles. The van der Waals surface area contributed by atoms with E-state index in [2.05, 4.69) is 0 Å². The molecular formula is C30H25N3O7. The molecule has 0 aromatic heterocycles. The Kier molecular flexibility index (Phi) is 7.71. The van der Waals surface area contributed by atoms with Gasteiger partial charge in [0.1, 0.15) is 5.75 Å². The largest absolute Gasteiger partial charge is 0.423 e. The van der Waals surface area contributed by atoms with Gasteiger partial charge in [0.2, 0.25) is 0 Å². The van der Waals surface area contributed by atoms with Crippen molar-refractivity contribution in [1.82, 2.24) is 0 Å². The third kappa shape index (κ3) is 6.18. The first-order valence-corrected chi connectivity index (χ1v) is 12.2. The zero-order valence-corrected chi connectivity index (χ0v) is 21.9. The van der Waals surface area contributed by atoms with Crippen LogP contribution in [0.5, 0.6) is 5.75 Å². The molecule has 0 N–H and O–H groups in total. The van der Waals surface area contributed by atoms with E-state index in [1.807, 2.05) is 26.8 Å². The van der Waals surface area contributed by atoms with Gasteiger partial charge in [0.05, 0.1) is 21.1 Å². The molecule has 0 spiro atoms. The Hall–Kier alpha value is -5.38. The predicted molar refractivity (Wildman–Crippen MR) is 152 cm³/mol. The highest BCUT2D eigenvalue weighted by molar-refractivity contribution is 6.08. The molecule has 0 fully saturated rings. The van der Waals surface area contributed by atoms with Gasteiger partial charge >= 0.3 is 5.97 Å². The van der Waals surface area contributed by atoms with Gasteiger partial charge in [-0.05, 0) is 67.8 Å². The van der Waals surface area contributed by atoms with Gasteiger partial charge in [0, 0.05) is 42.0 Å². The first-order valence-electron chi connectivity index (χ1n) is 12.2. The van der Waals surface area contributed by atoms with Crippen LogP contribution in [0.2, 0.25) is 0 Å². The first-order chi connectivity index (χ1) is 18.9. The molecule has 3 aromatic rings. The van der Waals surface area contributed by atoms with Crippen LogP contribution in [0.3, 0.4) is 0 Å². The number of rotatable bonds is 7. The number of benzene rings is 3. The summed E-state index contributed by atoms with van der Waals surface area (Å²) in [4.78, 5) is 48.4. The highest BCUT2D eigenvalue weighted by Crippen LogP contribution is 2.41. The molecule has 10 nitrogen and oxygen atoms in total. The van der Waals surface area contributed by atoms with Gasteiger partial charge < -0.3 is 4.74 Å². The lowest BCUT2D eigenvalue weighted by atomic mass is 9.88. The Balaban J connectivity index is 1.55. The van der Waals surface area contributed by atoms with Crippen LogP contribution in [0.1, 0.15) is 37.5 Å². The standard InChI is InChI=1S/C30H25N3O7/c1-20-19-30(2,3)31(28(34)14-10-21-6-4-8-23(16-21)32(36)37)27-13-12-25(18-26(20)27)40-29(35)15-11-22-7-5-9-24(17-22)33(38)39/h4-19H,1-3H3/b14-10+,15-11+. The number of allylic oxidation sites excluding steroid dienone is 1. The average Bonchev–Trinajstić information content (AvgIpc) is 2.91. The molecule has 1 aliphatic heterocycles. The van der Waals surface area contributed by atoms with Crippen molar-refractivity contribution in [2.75, 3.05) is 4.90 Å². The molecule has 1 heterocycles. The maximum absolute atomic E-state index is 13.4. The summed E-state index contributed by atoms with van der Waals surface area (Å²) in [6, 6.07) is 16.8. The highest BCUT2D eigenvalue weighted by atomic mass is 16.6. The summed E-state index contributed by atoms with van der Waals surface area (Å²) < 4.78 is 5.45. The van der Waals surface area contributed by atoms with Gasteiger partial charge in [-0.15, -0.1) is 0 Å².